The summed E-state index contributed by atoms with van der Waals surface area (Å²) in [6.07, 6.45) is 4.58. The third-order valence-corrected chi connectivity index (χ3v) is 3.19. The molecule has 2 rings (SSSR count). The van der Waals surface area contributed by atoms with E-state index in [1.54, 1.807) is 0 Å². The highest BCUT2D eigenvalue weighted by molar-refractivity contribution is 5.84. The minimum atomic E-state index is -0.345. The molecule has 0 spiro atoms. The molecule has 1 aliphatic carbocycles. The molecule has 3 nitrogen and oxygen atoms in total. The lowest BCUT2D eigenvalue weighted by atomic mass is 10.1. The van der Waals surface area contributed by atoms with Crippen LogP contribution in [0.3, 0.4) is 0 Å². The largest absolute Gasteiger partial charge is 0.449 e. The molecule has 92 valence electrons. The minimum absolute atomic E-state index is 0.345. The maximum absolute atomic E-state index is 11.5. The molecule has 0 radical (unpaired) electrons. The summed E-state index contributed by atoms with van der Waals surface area (Å²) in [5, 5.41) is 2.75. The second-order valence-corrected chi connectivity index (χ2v) is 4.74. The number of benzene rings is 1. The Morgan fingerprint density at radius 1 is 1.41 bits per heavy atom. The van der Waals surface area contributed by atoms with Gasteiger partial charge in [-0.25, -0.2) is 4.79 Å². The van der Waals surface area contributed by atoms with E-state index in [-0.39, 0.29) is 6.09 Å². The molecule has 1 aliphatic rings. The number of ether oxygens (including phenoxy) is 1. The van der Waals surface area contributed by atoms with E-state index in [1.807, 2.05) is 31.2 Å². The highest BCUT2D eigenvalue weighted by Crippen LogP contribution is 2.24. The fourth-order valence-electron chi connectivity index (χ4n) is 2.25. The molecule has 0 aliphatic heterocycles. The monoisotopic (exact) mass is 233 g/mol. The Labute approximate surface area is 102 Å². The van der Waals surface area contributed by atoms with Crippen molar-refractivity contribution in [1.29, 1.82) is 0 Å². The summed E-state index contributed by atoms with van der Waals surface area (Å²) in [5.74, 6) is 0.568. The van der Waals surface area contributed by atoms with Gasteiger partial charge in [0, 0.05) is 5.69 Å². The highest BCUT2D eigenvalue weighted by Gasteiger charge is 2.16. The number of hydrogen-bond donors (Lipinski definition) is 1. The molecule has 0 unspecified atom stereocenters. The van der Waals surface area contributed by atoms with E-state index in [0.29, 0.717) is 12.5 Å². The second-order valence-electron chi connectivity index (χ2n) is 4.74. The summed E-state index contributed by atoms with van der Waals surface area (Å²) in [5.41, 5.74) is 1.92. The lowest BCUT2D eigenvalue weighted by molar-refractivity contribution is 0.142. The van der Waals surface area contributed by atoms with Crippen molar-refractivity contribution >= 4 is 11.8 Å². The van der Waals surface area contributed by atoms with Gasteiger partial charge in [0.25, 0.3) is 0 Å². The average molecular weight is 233 g/mol. The van der Waals surface area contributed by atoms with Crippen LogP contribution in [-0.2, 0) is 4.74 Å². The number of hydrogen-bond acceptors (Lipinski definition) is 2. The van der Waals surface area contributed by atoms with Gasteiger partial charge in [0.05, 0.1) is 6.61 Å². The smallest absolute Gasteiger partial charge is 0.411 e. The van der Waals surface area contributed by atoms with Crippen molar-refractivity contribution < 1.29 is 9.53 Å². The molecule has 3 heteroatoms. The minimum Gasteiger partial charge on any atom is -0.449 e. The van der Waals surface area contributed by atoms with Crippen molar-refractivity contribution in [3.63, 3.8) is 0 Å². The summed E-state index contributed by atoms with van der Waals surface area (Å²) in [6, 6.07) is 7.71. The van der Waals surface area contributed by atoms with E-state index in [9.17, 15) is 4.79 Å². The Hall–Kier alpha value is -1.51. The zero-order valence-corrected chi connectivity index (χ0v) is 10.2. The van der Waals surface area contributed by atoms with E-state index < -0.39 is 0 Å². The number of nitrogens with one attached hydrogen (secondary N) is 1. The second kappa shape index (κ2) is 5.71. The first kappa shape index (κ1) is 12.0. The average Bonchev–Trinajstić information content (AvgIpc) is 2.79. The number of aryl methyl sites for hydroxylation is 1. The van der Waals surface area contributed by atoms with Gasteiger partial charge in [-0.05, 0) is 43.4 Å². The zero-order chi connectivity index (χ0) is 12.1. The van der Waals surface area contributed by atoms with Crippen LogP contribution in [0.25, 0.3) is 0 Å². The van der Waals surface area contributed by atoms with Crippen LogP contribution in [0, 0.1) is 12.8 Å². The first-order chi connectivity index (χ1) is 8.24. The Bertz CT molecular complexity index is 384. The fourth-order valence-corrected chi connectivity index (χ4v) is 2.25. The van der Waals surface area contributed by atoms with Gasteiger partial charge in [-0.3, -0.25) is 5.32 Å². The van der Waals surface area contributed by atoms with Crippen molar-refractivity contribution in [1.82, 2.24) is 0 Å². The molecule has 1 amide bonds. The SMILES string of the molecule is Cc1cccc(NC(=O)OCC2CCCC2)c1. The van der Waals surface area contributed by atoms with Crippen LogP contribution in [0.1, 0.15) is 31.2 Å². The normalized spacial score (nSPS) is 15.8. The number of carbonyl (C=O) groups is 1. The number of anilines is 1. The Balaban J connectivity index is 1.76. The molecule has 17 heavy (non-hydrogen) atoms. The van der Waals surface area contributed by atoms with Crippen molar-refractivity contribution in [2.24, 2.45) is 5.92 Å². The van der Waals surface area contributed by atoms with E-state index in [4.69, 9.17) is 4.74 Å². The number of carbonyl (C=O) groups excluding carboxylic acids is 1. The van der Waals surface area contributed by atoms with Gasteiger partial charge >= 0.3 is 6.09 Å². The Kier molecular flexibility index (Phi) is 4.02. The van der Waals surface area contributed by atoms with Crippen LogP contribution in [0.2, 0.25) is 0 Å². The molecule has 1 saturated carbocycles. The summed E-state index contributed by atoms with van der Waals surface area (Å²) >= 11 is 0. The van der Waals surface area contributed by atoms with Crippen molar-refractivity contribution in [3.8, 4) is 0 Å². The lowest BCUT2D eigenvalue weighted by Crippen LogP contribution is -2.17. The van der Waals surface area contributed by atoms with E-state index in [2.05, 4.69) is 5.32 Å². The van der Waals surface area contributed by atoms with Crippen LogP contribution < -0.4 is 5.32 Å². The summed E-state index contributed by atoms with van der Waals surface area (Å²) in [4.78, 5) is 11.5. The van der Waals surface area contributed by atoms with Gasteiger partial charge in [-0.15, -0.1) is 0 Å². The van der Waals surface area contributed by atoms with Crippen LogP contribution in [0.4, 0.5) is 10.5 Å². The van der Waals surface area contributed by atoms with Crippen molar-refractivity contribution in [2.75, 3.05) is 11.9 Å². The molecule has 1 aromatic rings. The van der Waals surface area contributed by atoms with Crippen molar-refractivity contribution in [3.05, 3.63) is 29.8 Å². The van der Waals surface area contributed by atoms with Crippen LogP contribution in [0.15, 0.2) is 24.3 Å². The molecule has 0 saturated heterocycles. The van der Waals surface area contributed by atoms with Crippen LogP contribution in [0.5, 0.6) is 0 Å². The lowest BCUT2D eigenvalue weighted by Gasteiger charge is -2.11. The zero-order valence-electron chi connectivity index (χ0n) is 10.2. The molecule has 0 atom stereocenters. The van der Waals surface area contributed by atoms with E-state index in [1.165, 1.54) is 25.7 Å². The van der Waals surface area contributed by atoms with Crippen molar-refractivity contribution in [2.45, 2.75) is 32.6 Å². The molecule has 1 N–H and O–H groups in total. The molecular weight excluding hydrogens is 214 g/mol. The van der Waals surface area contributed by atoms with Gasteiger partial charge in [0.15, 0.2) is 0 Å². The molecular formula is C14H19NO2. The maximum Gasteiger partial charge on any atom is 0.411 e. The van der Waals surface area contributed by atoms with Gasteiger partial charge in [-0.2, -0.15) is 0 Å². The van der Waals surface area contributed by atoms with E-state index >= 15 is 0 Å². The van der Waals surface area contributed by atoms with Gasteiger partial charge in [-0.1, -0.05) is 25.0 Å². The third-order valence-electron chi connectivity index (χ3n) is 3.19. The molecule has 0 aromatic heterocycles. The predicted molar refractivity (Wildman–Crippen MR) is 68.1 cm³/mol. The first-order valence-electron chi connectivity index (χ1n) is 6.24. The molecule has 1 fully saturated rings. The van der Waals surface area contributed by atoms with Crippen LogP contribution >= 0.6 is 0 Å². The van der Waals surface area contributed by atoms with Gasteiger partial charge < -0.3 is 4.74 Å². The molecule has 1 aromatic carbocycles. The topological polar surface area (TPSA) is 38.3 Å². The van der Waals surface area contributed by atoms with Gasteiger partial charge in [0.1, 0.15) is 0 Å². The standard InChI is InChI=1S/C14H19NO2/c1-11-5-4-8-13(9-11)15-14(16)17-10-12-6-2-3-7-12/h4-5,8-9,12H,2-3,6-7,10H2,1H3,(H,15,16). The highest BCUT2D eigenvalue weighted by atomic mass is 16.5. The Morgan fingerprint density at radius 2 is 2.18 bits per heavy atom. The Morgan fingerprint density at radius 3 is 2.88 bits per heavy atom. The van der Waals surface area contributed by atoms with E-state index in [0.717, 1.165) is 11.3 Å². The molecule has 0 bridgehead atoms. The fraction of sp³-hybridized carbons (Fsp3) is 0.500. The maximum atomic E-state index is 11.5. The van der Waals surface area contributed by atoms with Gasteiger partial charge in [0.2, 0.25) is 0 Å². The number of amides is 1. The third kappa shape index (κ3) is 3.77. The summed E-state index contributed by atoms with van der Waals surface area (Å²) < 4.78 is 5.22. The predicted octanol–water partition coefficient (Wildman–Crippen LogP) is 3.73. The van der Waals surface area contributed by atoms with Crippen LogP contribution in [-0.4, -0.2) is 12.7 Å². The first-order valence-corrected chi connectivity index (χ1v) is 6.24. The summed E-state index contributed by atoms with van der Waals surface area (Å²) in [6.45, 7) is 2.55. The molecule has 0 heterocycles. The number of rotatable bonds is 3. The summed E-state index contributed by atoms with van der Waals surface area (Å²) in [7, 11) is 0. The quantitative estimate of drug-likeness (QED) is 0.863.